The van der Waals surface area contributed by atoms with Crippen molar-refractivity contribution in [1.82, 2.24) is 0 Å². The van der Waals surface area contributed by atoms with Gasteiger partial charge in [-0.1, -0.05) is 35.8 Å². The molecular weight excluding hydrogens is 468 g/mol. The standard InChI is InChI=1S/C12H12N2.2C7H6O4/c1(11-3-7-13-8-4-11)2-12-5-9-14-10-6-12;2*8-4-2-1-3-5(9)6(4)7(10)11/h3-10H,1-2H2;2*1-3,8-9H,(H,10,11). The first-order valence-corrected chi connectivity index (χ1v) is 10.5. The fraction of sp³-hybridized carbons (Fsp3) is 0.0769. The Bertz CT molecular complexity index is 1140. The molecule has 2 aromatic carbocycles. The van der Waals surface area contributed by atoms with E-state index in [1.54, 1.807) is 0 Å². The second kappa shape index (κ2) is 13.6. The van der Waals surface area contributed by atoms with Crippen LogP contribution >= 0.6 is 0 Å². The van der Waals surface area contributed by atoms with Crippen molar-refractivity contribution < 1.29 is 50.2 Å². The number of aromatic carboxylic acids is 2. The smallest absolute Gasteiger partial charge is 0.338 e. The minimum absolute atomic E-state index is 0.495. The number of carboxylic acid groups (broad SMARTS) is 2. The maximum atomic E-state index is 10.7. The van der Waals surface area contributed by atoms with Crippen LogP contribution in [0.4, 0.5) is 0 Å². The quantitative estimate of drug-likeness (QED) is 0.322. The molecule has 0 fully saturated rings. The molecule has 0 spiro atoms. The van der Waals surface area contributed by atoms with Crippen LogP contribution in [0.2, 0.25) is 0 Å². The van der Waals surface area contributed by atoms with E-state index in [-0.39, 0.29) is 0 Å². The number of hydrogen-bond acceptors (Lipinski definition) is 6. The number of hydrogen-bond donors (Lipinski definition) is 4. The Morgan fingerprint density at radius 1 is 0.611 bits per heavy atom. The van der Waals surface area contributed by atoms with Gasteiger partial charge in [0.25, 0.3) is 0 Å². The van der Waals surface area contributed by atoms with Gasteiger partial charge in [-0.15, -0.1) is 0 Å². The van der Waals surface area contributed by atoms with Crippen LogP contribution in [0.5, 0.6) is 23.0 Å². The minimum atomic E-state index is -1.41. The number of nitrogens with one attached hydrogen (secondary N) is 2. The summed E-state index contributed by atoms with van der Waals surface area (Å²) >= 11 is 0. The lowest BCUT2D eigenvalue weighted by atomic mass is 10.1. The highest BCUT2D eigenvalue weighted by Gasteiger charge is 2.09. The molecule has 0 aliphatic heterocycles. The van der Waals surface area contributed by atoms with Crippen LogP contribution in [0.25, 0.3) is 0 Å². The van der Waals surface area contributed by atoms with Crippen molar-refractivity contribution in [3.8, 4) is 23.0 Å². The molecule has 0 radical (unpaired) electrons. The molecule has 0 bridgehead atoms. The van der Waals surface area contributed by atoms with E-state index in [1.807, 2.05) is 24.8 Å². The second-order valence-electron chi connectivity index (χ2n) is 7.23. The van der Waals surface area contributed by atoms with Gasteiger partial charge < -0.3 is 30.6 Å². The Morgan fingerprint density at radius 2 is 0.944 bits per heavy atom. The zero-order chi connectivity index (χ0) is 26.5. The summed E-state index contributed by atoms with van der Waals surface area (Å²) in [5, 5.41) is 56.0. The summed E-state index contributed by atoms with van der Waals surface area (Å²) in [7, 11) is 0. The van der Waals surface area contributed by atoms with Crippen LogP contribution in [0.3, 0.4) is 0 Å². The molecule has 4 rings (SSSR count). The first kappa shape index (κ1) is 27.1. The van der Waals surface area contributed by atoms with Crippen molar-refractivity contribution in [1.29, 1.82) is 0 Å². The summed E-state index contributed by atoms with van der Waals surface area (Å²) in [6, 6.07) is 15.6. The van der Waals surface area contributed by atoms with Gasteiger partial charge in [0.1, 0.15) is 11.5 Å². The molecule has 0 atom stereocenters. The highest BCUT2D eigenvalue weighted by molar-refractivity contribution is 5.94. The van der Waals surface area contributed by atoms with E-state index in [0.717, 1.165) is 37.1 Å². The van der Waals surface area contributed by atoms with E-state index in [2.05, 4.69) is 34.2 Å². The number of carbonyl (C=O) groups is 2. The van der Waals surface area contributed by atoms with Crippen LogP contribution in [-0.4, -0.2) is 32.4 Å². The van der Waals surface area contributed by atoms with Gasteiger partial charge >= 0.3 is 11.9 Å². The summed E-state index contributed by atoms with van der Waals surface area (Å²) in [6.45, 7) is 0. The molecule has 0 saturated heterocycles. The third-order valence-electron chi connectivity index (χ3n) is 4.71. The Hall–Kier alpha value is -5.12. The second-order valence-corrected chi connectivity index (χ2v) is 7.23. The van der Waals surface area contributed by atoms with Gasteiger partial charge in [0.2, 0.25) is 0 Å². The predicted octanol–water partition coefficient (Wildman–Crippen LogP) is 1.43. The number of aromatic hydroxyl groups is 2. The number of rotatable bonds is 5. The van der Waals surface area contributed by atoms with E-state index in [0.29, 0.717) is 0 Å². The van der Waals surface area contributed by atoms with Gasteiger partial charge in [0.15, 0.2) is 24.8 Å². The van der Waals surface area contributed by atoms with Crippen LogP contribution in [-0.2, 0) is 12.8 Å². The summed E-state index contributed by atoms with van der Waals surface area (Å²) in [5.41, 5.74) is 1.59. The number of benzene rings is 2. The third kappa shape index (κ3) is 8.34. The van der Waals surface area contributed by atoms with Gasteiger partial charge in [-0.05, 0) is 36.1 Å². The van der Waals surface area contributed by atoms with Crippen molar-refractivity contribution in [3.63, 3.8) is 0 Å². The molecule has 2 heterocycles. The first-order valence-electron chi connectivity index (χ1n) is 10.5. The molecule has 0 unspecified atom stereocenters. The number of phenols is 2. The Balaban J connectivity index is 0.000000193. The van der Waals surface area contributed by atoms with Crippen LogP contribution in [0.1, 0.15) is 31.8 Å². The molecule has 6 N–H and O–H groups in total. The number of aromatic amines is 2. The lowest BCUT2D eigenvalue weighted by molar-refractivity contribution is -0.378. The zero-order valence-electron chi connectivity index (χ0n) is 18.9. The maximum Gasteiger partial charge on any atom is 0.338 e. The fourth-order valence-electron chi connectivity index (χ4n) is 2.93. The van der Waals surface area contributed by atoms with E-state index in [9.17, 15) is 19.8 Å². The van der Waals surface area contributed by atoms with Gasteiger partial charge in [-0.3, -0.25) is 0 Å². The van der Waals surface area contributed by atoms with Crippen molar-refractivity contribution in [2.75, 3.05) is 0 Å². The minimum Gasteiger partial charge on any atom is -0.872 e. The third-order valence-corrected chi connectivity index (χ3v) is 4.71. The average Bonchev–Trinajstić information content (AvgIpc) is 2.84. The van der Waals surface area contributed by atoms with Crippen molar-refractivity contribution >= 4 is 11.9 Å². The molecule has 10 nitrogen and oxygen atoms in total. The van der Waals surface area contributed by atoms with Crippen LogP contribution < -0.4 is 20.2 Å². The van der Waals surface area contributed by atoms with Crippen LogP contribution in [0.15, 0.2) is 85.5 Å². The molecule has 186 valence electrons. The molecule has 0 amide bonds. The summed E-state index contributed by atoms with van der Waals surface area (Å²) in [6.07, 6.45) is 10.1. The largest absolute Gasteiger partial charge is 0.872 e. The first-order chi connectivity index (χ1) is 17.2. The molecule has 2 aromatic heterocycles. The zero-order valence-corrected chi connectivity index (χ0v) is 18.9. The van der Waals surface area contributed by atoms with Gasteiger partial charge in [0.05, 0.1) is 11.1 Å². The van der Waals surface area contributed by atoms with Gasteiger partial charge in [-0.25, -0.2) is 19.6 Å². The maximum absolute atomic E-state index is 10.7. The molecule has 36 heavy (non-hydrogen) atoms. The van der Waals surface area contributed by atoms with Crippen LogP contribution in [0, 0.1) is 0 Å². The van der Waals surface area contributed by atoms with Gasteiger partial charge in [-0.2, -0.15) is 0 Å². The van der Waals surface area contributed by atoms with Crippen molar-refractivity contribution in [3.05, 3.63) is 108 Å². The number of H-pyrrole nitrogens is 2. The van der Waals surface area contributed by atoms with E-state index in [1.165, 1.54) is 23.3 Å². The molecule has 4 aromatic rings. The average molecular weight is 492 g/mol. The fourth-order valence-corrected chi connectivity index (χ4v) is 2.93. The number of pyridine rings is 2. The molecule has 10 heteroatoms. The van der Waals surface area contributed by atoms with E-state index < -0.39 is 46.1 Å². The molecule has 0 saturated carbocycles. The van der Waals surface area contributed by atoms with E-state index >= 15 is 0 Å². The van der Waals surface area contributed by atoms with Gasteiger partial charge in [0, 0.05) is 24.3 Å². The molecule has 0 aliphatic rings. The highest BCUT2D eigenvalue weighted by Crippen LogP contribution is 2.24. The number of aromatic nitrogens is 2. The molecule has 0 aliphatic carbocycles. The van der Waals surface area contributed by atoms with E-state index in [4.69, 9.17) is 20.4 Å². The summed E-state index contributed by atoms with van der Waals surface area (Å²) in [5.74, 6) is -5.17. The lowest BCUT2D eigenvalue weighted by Crippen LogP contribution is -2.03. The summed E-state index contributed by atoms with van der Waals surface area (Å²) in [4.78, 5) is 26.6. The highest BCUT2D eigenvalue weighted by atomic mass is 16.4. The SMILES string of the molecule is O=C(O)c1c([O-])cccc1O.O=C(O)c1c([O-])cccc1O.c1cc(CCc2cc[nH+]cc2)cc[nH+]1. The normalized spacial score (nSPS) is 9.67. The van der Waals surface area contributed by atoms with Crippen molar-refractivity contribution in [2.24, 2.45) is 0 Å². The molecular formula is C26H24N2O8. The monoisotopic (exact) mass is 492 g/mol. The van der Waals surface area contributed by atoms with Crippen molar-refractivity contribution in [2.45, 2.75) is 12.8 Å². The Labute approximate surface area is 206 Å². The Morgan fingerprint density at radius 3 is 1.19 bits per heavy atom. The lowest BCUT2D eigenvalue weighted by Gasteiger charge is -2.09. The summed E-state index contributed by atoms with van der Waals surface area (Å²) < 4.78 is 0. The Kier molecular flexibility index (Phi) is 10.2. The topological polar surface area (TPSA) is 189 Å². The number of carboxylic acids is 2. The number of aryl methyl sites for hydroxylation is 2. The predicted molar refractivity (Wildman–Crippen MR) is 122 cm³/mol.